The number of piperidine rings is 2. The lowest BCUT2D eigenvalue weighted by Gasteiger charge is -2.42. The van der Waals surface area contributed by atoms with E-state index in [9.17, 15) is 26.4 Å². The van der Waals surface area contributed by atoms with Crippen LogP contribution in [0.15, 0.2) is 92.2 Å². The highest BCUT2D eigenvalue weighted by molar-refractivity contribution is 7.89. The maximum Gasteiger partial charge on any atom is 0.250 e. The highest BCUT2D eigenvalue weighted by Crippen LogP contribution is 2.40. The minimum atomic E-state index is -3.91. The minimum absolute atomic E-state index is 0.0219. The van der Waals surface area contributed by atoms with Crippen LogP contribution in [0.3, 0.4) is 0 Å². The van der Waals surface area contributed by atoms with E-state index in [4.69, 9.17) is 28.4 Å². The van der Waals surface area contributed by atoms with Crippen molar-refractivity contribution in [1.82, 2.24) is 17.7 Å². The number of rotatable bonds is 4. The third kappa shape index (κ3) is 8.20. The molecule has 0 radical (unpaired) electrons. The van der Waals surface area contributed by atoms with Crippen molar-refractivity contribution in [2.24, 2.45) is 11.8 Å². The van der Waals surface area contributed by atoms with E-state index in [2.05, 4.69) is 0 Å². The molecule has 9 rings (SSSR count). The van der Waals surface area contributed by atoms with Crippen molar-refractivity contribution in [3.63, 3.8) is 0 Å². The number of fused-ring (bicyclic) bond motifs is 10. The molecule has 0 saturated carbocycles. The molecule has 0 aliphatic carbocycles. The van der Waals surface area contributed by atoms with Crippen LogP contribution in [0.1, 0.15) is 36.1 Å². The SMILES string of the molecule is O=c1cccc2n1C[C@H]1C[C@H]2CN(S(=O)(=O)c2ccc3c(c2)OCCOCCOc2cc(S(=O)(=O)N4C[C@@H]5C[C@@H](C4)c4cccc(=O)n4C5)ccc2OCCOCCO3)C1. The highest BCUT2D eigenvalue weighted by Gasteiger charge is 2.41. The molecule has 4 atom stereocenters. The first-order valence-corrected chi connectivity index (χ1v) is 23.3. The summed E-state index contributed by atoms with van der Waals surface area (Å²) in [5.74, 6) is 1.08. The third-order valence-corrected chi connectivity index (χ3v) is 15.6. The Morgan fingerprint density at radius 1 is 0.450 bits per heavy atom. The molecule has 5 aliphatic heterocycles. The lowest BCUT2D eigenvalue weighted by Crippen LogP contribution is -2.49. The molecule has 4 bridgehead atoms. The molecule has 2 aromatic carbocycles. The second-order valence-corrected chi connectivity index (χ2v) is 19.8. The van der Waals surface area contributed by atoms with E-state index in [1.807, 2.05) is 12.1 Å². The predicted octanol–water partition coefficient (Wildman–Crippen LogP) is 2.89. The molecular weight excluding hydrogens is 817 g/mol. The smallest absolute Gasteiger partial charge is 0.250 e. The van der Waals surface area contributed by atoms with Crippen LogP contribution in [0.2, 0.25) is 0 Å². The Kier molecular flexibility index (Phi) is 11.5. The summed E-state index contributed by atoms with van der Waals surface area (Å²) >= 11 is 0. The molecule has 4 aromatic rings. The Hall–Kier alpha value is -4.72. The Labute approximate surface area is 348 Å². The summed E-state index contributed by atoms with van der Waals surface area (Å²) in [6.07, 6.45) is 1.65. The minimum Gasteiger partial charge on any atom is -0.487 e. The van der Waals surface area contributed by atoms with Crippen molar-refractivity contribution < 1.29 is 45.3 Å². The second-order valence-electron chi connectivity index (χ2n) is 15.9. The number of hydrogen-bond acceptors (Lipinski definition) is 12. The van der Waals surface area contributed by atoms with E-state index >= 15 is 0 Å². The van der Waals surface area contributed by atoms with Crippen LogP contribution >= 0.6 is 0 Å². The molecule has 0 spiro atoms. The molecule has 18 heteroatoms. The molecule has 16 nitrogen and oxygen atoms in total. The Balaban J connectivity index is 0.853. The van der Waals surface area contributed by atoms with Crippen molar-refractivity contribution in [3.8, 4) is 23.0 Å². The zero-order valence-electron chi connectivity index (χ0n) is 33.1. The van der Waals surface area contributed by atoms with Gasteiger partial charge in [0.05, 0.1) is 36.2 Å². The van der Waals surface area contributed by atoms with Crippen LogP contribution < -0.4 is 30.1 Å². The van der Waals surface area contributed by atoms with Gasteiger partial charge in [-0.3, -0.25) is 9.59 Å². The molecule has 5 aliphatic rings. The number of nitrogens with zero attached hydrogens (tertiary/aromatic N) is 4. The molecule has 2 saturated heterocycles. The van der Waals surface area contributed by atoms with Gasteiger partial charge in [0, 0.05) is 86.8 Å². The largest absolute Gasteiger partial charge is 0.487 e. The summed E-state index contributed by atoms with van der Waals surface area (Å²) in [6, 6.07) is 19.5. The van der Waals surface area contributed by atoms with Gasteiger partial charge in [-0.05, 0) is 61.1 Å². The number of sulfonamides is 2. The van der Waals surface area contributed by atoms with Crippen molar-refractivity contribution in [2.45, 2.75) is 47.6 Å². The summed E-state index contributed by atoms with van der Waals surface area (Å²) in [6.45, 7) is 3.26. The van der Waals surface area contributed by atoms with Crippen LogP contribution in [0.25, 0.3) is 0 Å². The zero-order chi connectivity index (χ0) is 41.4. The first-order chi connectivity index (χ1) is 29.0. The van der Waals surface area contributed by atoms with Crippen LogP contribution in [0.4, 0.5) is 0 Å². The summed E-state index contributed by atoms with van der Waals surface area (Å²) in [7, 11) is -7.83. The van der Waals surface area contributed by atoms with Gasteiger partial charge >= 0.3 is 0 Å². The average molecular weight is 865 g/mol. The van der Waals surface area contributed by atoms with Crippen molar-refractivity contribution in [3.05, 3.63) is 105 Å². The topological polar surface area (TPSA) is 174 Å². The van der Waals surface area contributed by atoms with Gasteiger partial charge in [-0.2, -0.15) is 8.61 Å². The van der Waals surface area contributed by atoms with Crippen LogP contribution in [0.5, 0.6) is 23.0 Å². The van der Waals surface area contributed by atoms with E-state index in [-0.39, 0.29) is 122 Å². The molecule has 0 amide bonds. The Morgan fingerprint density at radius 3 is 1.27 bits per heavy atom. The summed E-state index contributed by atoms with van der Waals surface area (Å²) in [5, 5.41) is 0. The van der Waals surface area contributed by atoms with Crippen molar-refractivity contribution in [2.75, 3.05) is 79.0 Å². The number of hydrogen-bond donors (Lipinski definition) is 0. The normalized spacial score (nSPS) is 24.3. The highest BCUT2D eigenvalue weighted by atomic mass is 32.2. The molecular formula is C42H48N4O12S2. The van der Waals surface area contributed by atoms with Gasteiger partial charge in [0.15, 0.2) is 23.0 Å². The van der Waals surface area contributed by atoms with E-state index in [0.717, 1.165) is 24.2 Å². The van der Waals surface area contributed by atoms with Crippen molar-refractivity contribution >= 4 is 20.0 Å². The van der Waals surface area contributed by atoms with Gasteiger partial charge < -0.3 is 37.6 Å². The molecule has 60 heavy (non-hydrogen) atoms. The molecule has 2 aromatic heterocycles. The van der Waals surface area contributed by atoms with E-state index < -0.39 is 20.0 Å². The maximum atomic E-state index is 14.1. The number of aromatic nitrogens is 2. The lowest BCUT2D eigenvalue weighted by atomic mass is 9.84. The van der Waals surface area contributed by atoms with Gasteiger partial charge in [-0.15, -0.1) is 0 Å². The number of pyridine rings is 2. The zero-order valence-corrected chi connectivity index (χ0v) is 34.7. The lowest BCUT2D eigenvalue weighted by molar-refractivity contribution is 0.0639. The van der Waals surface area contributed by atoms with Crippen LogP contribution in [-0.4, -0.2) is 114 Å². The third-order valence-electron chi connectivity index (χ3n) is 11.9. The fraction of sp³-hybridized carbons (Fsp3) is 0.476. The summed E-state index contributed by atoms with van der Waals surface area (Å²) < 4.78 is 98.4. The number of ether oxygens (including phenoxy) is 6. The fourth-order valence-electron chi connectivity index (χ4n) is 9.20. The van der Waals surface area contributed by atoms with E-state index in [1.165, 1.54) is 32.9 Å². The predicted molar refractivity (Wildman–Crippen MR) is 217 cm³/mol. The van der Waals surface area contributed by atoms with Crippen LogP contribution in [-0.2, 0) is 42.6 Å². The van der Waals surface area contributed by atoms with Crippen molar-refractivity contribution in [1.29, 1.82) is 0 Å². The molecule has 320 valence electrons. The van der Waals surface area contributed by atoms with Gasteiger partial charge in [-0.1, -0.05) is 12.1 Å². The Bertz CT molecular complexity index is 2400. The quantitative estimate of drug-likeness (QED) is 0.294. The summed E-state index contributed by atoms with van der Waals surface area (Å²) in [5.41, 5.74) is 1.60. The Morgan fingerprint density at radius 2 is 0.850 bits per heavy atom. The van der Waals surface area contributed by atoms with Gasteiger partial charge in [-0.25, -0.2) is 16.8 Å². The fourth-order valence-corrected chi connectivity index (χ4v) is 12.4. The number of benzene rings is 2. The molecule has 2 fully saturated rings. The monoisotopic (exact) mass is 864 g/mol. The van der Waals surface area contributed by atoms with Crippen LogP contribution in [0, 0.1) is 11.8 Å². The first-order valence-electron chi connectivity index (χ1n) is 20.4. The standard InChI is InChI=1S/C42H48N4O12S2/c47-41-5-1-3-35-31-19-29(25-45(35)41)23-43(27-31)59(49,50)33-7-9-37-39(21-33)57-17-13-54-14-18-58-40-22-34(8-10-38(40)56-16-12-53-11-15-55-37)60(51,52)44-24-30-20-32(28-44)36-4-2-6-42(48)46(36)26-30/h1-10,21-22,29-32H,11-20,23-28H2/t29-,30-,31-,32-/m0/s1. The molecule has 7 heterocycles. The second kappa shape index (κ2) is 17.0. The van der Waals surface area contributed by atoms with Gasteiger partial charge in [0.2, 0.25) is 20.0 Å². The van der Waals surface area contributed by atoms with E-state index in [1.54, 1.807) is 45.5 Å². The van der Waals surface area contributed by atoms with Gasteiger partial charge in [0.1, 0.15) is 26.4 Å². The average Bonchev–Trinajstić information content (AvgIpc) is 3.24. The van der Waals surface area contributed by atoms with E-state index in [0.29, 0.717) is 37.7 Å². The molecule has 0 N–H and O–H groups in total. The molecule has 0 unspecified atom stereocenters. The first kappa shape index (κ1) is 40.7. The van der Waals surface area contributed by atoms with Gasteiger partial charge in [0.25, 0.3) is 11.1 Å². The maximum absolute atomic E-state index is 14.1. The summed E-state index contributed by atoms with van der Waals surface area (Å²) in [4.78, 5) is 25.2.